The van der Waals surface area contributed by atoms with Gasteiger partial charge >= 0.3 is 0 Å². The second kappa shape index (κ2) is 8.50. The average Bonchev–Trinajstić information content (AvgIpc) is 3.59. The van der Waals surface area contributed by atoms with Crippen molar-refractivity contribution in [3.8, 4) is 23.1 Å². The fourth-order valence-electron chi connectivity index (χ4n) is 6.43. The molecule has 0 fully saturated rings. The van der Waals surface area contributed by atoms with Crippen LogP contribution in [0.1, 0.15) is 5.69 Å². The van der Waals surface area contributed by atoms with E-state index in [-0.39, 0.29) is 0 Å². The van der Waals surface area contributed by atoms with Gasteiger partial charge in [-0.15, -0.1) is 0 Å². The summed E-state index contributed by atoms with van der Waals surface area (Å²) in [5.41, 5.74) is 7.05. The standard InChI is InChI=1S/C37H20N4O/c38-21-31-26-12-3-6-14-30(26)39-37(40-31)41-32-15-7-4-10-24(32)29-19-22(17-18-33(29)41)28-20-35-36(25-11-2-1-9-23(25)28)27-13-5-8-16-34(27)42-35/h1-20H. The molecule has 0 aliphatic carbocycles. The van der Waals surface area contributed by atoms with Crippen molar-refractivity contribution >= 4 is 65.4 Å². The number of furan rings is 1. The smallest absolute Gasteiger partial charge is 0.236 e. The molecule has 0 spiro atoms. The molecular weight excluding hydrogens is 516 g/mol. The zero-order valence-electron chi connectivity index (χ0n) is 22.2. The Morgan fingerprint density at radius 3 is 2.12 bits per heavy atom. The highest BCUT2D eigenvalue weighted by molar-refractivity contribution is 6.22. The molecule has 0 bridgehead atoms. The third kappa shape index (κ3) is 3.12. The van der Waals surface area contributed by atoms with Gasteiger partial charge in [0.25, 0.3) is 0 Å². The van der Waals surface area contributed by atoms with Gasteiger partial charge in [-0.25, -0.2) is 9.97 Å². The SMILES string of the molecule is N#Cc1nc(-n2c3ccccc3c3cc(-c4cc5oc6ccccc6c5c5ccccc45)ccc32)nc2ccccc12. The van der Waals surface area contributed by atoms with Crippen LogP contribution in [0, 0.1) is 11.3 Å². The highest BCUT2D eigenvalue weighted by Crippen LogP contribution is 2.41. The third-order valence-corrected chi connectivity index (χ3v) is 8.27. The monoisotopic (exact) mass is 536 g/mol. The maximum atomic E-state index is 9.90. The number of aromatic nitrogens is 3. The highest BCUT2D eigenvalue weighted by Gasteiger charge is 2.19. The van der Waals surface area contributed by atoms with Gasteiger partial charge in [-0.2, -0.15) is 5.26 Å². The van der Waals surface area contributed by atoms with Gasteiger partial charge in [0.05, 0.1) is 16.6 Å². The first kappa shape index (κ1) is 22.8. The zero-order valence-corrected chi connectivity index (χ0v) is 22.2. The normalized spacial score (nSPS) is 11.8. The molecule has 0 amide bonds. The van der Waals surface area contributed by atoms with E-state index in [1.165, 1.54) is 10.8 Å². The lowest BCUT2D eigenvalue weighted by molar-refractivity contribution is 0.669. The number of rotatable bonds is 2. The summed E-state index contributed by atoms with van der Waals surface area (Å²) in [7, 11) is 0. The molecule has 5 nitrogen and oxygen atoms in total. The molecule has 9 rings (SSSR count). The minimum absolute atomic E-state index is 0.365. The number of nitrogens with zero attached hydrogens (tertiary/aromatic N) is 4. The molecule has 3 heterocycles. The number of nitriles is 1. The van der Waals surface area contributed by atoms with E-state index in [9.17, 15) is 5.26 Å². The Morgan fingerprint density at radius 2 is 1.26 bits per heavy atom. The molecule has 0 saturated heterocycles. The molecule has 9 aromatic rings. The molecule has 0 saturated carbocycles. The molecule has 5 heteroatoms. The van der Waals surface area contributed by atoms with Crippen molar-refractivity contribution in [3.63, 3.8) is 0 Å². The molecule has 0 aliphatic heterocycles. The summed E-state index contributed by atoms with van der Waals surface area (Å²) >= 11 is 0. The number of fused-ring (bicyclic) bond motifs is 9. The van der Waals surface area contributed by atoms with Gasteiger partial charge in [-0.05, 0) is 64.4 Å². The van der Waals surface area contributed by atoms with Gasteiger partial charge in [-0.3, -0.25) is 4.57 Å². The summed E-state index contributed by atoms with van der Waals surface area (Å²) in [6.45, 7) is 0. The van der Waals surface area contributed by atoms with Crippen molar-refractivity contribution in [3.05, 3.63) is 127 Å². The largest absolute Gasteiger partial charge is 0.456 e. The van der Waals surface area contributed by atoms with E-state index in [1.54, 1.807) is 0 Å². The number of para-hydroxylation sites is 3. The summed E-state index contributed by atoms with van der Waals surface area (Å²) in [5, 5.41) is 17.5. The summed E-state index contributed by atoms with van der Waals surface area (Å²) < 4.78 is 8.41. The summed E-state index contributed by atoms with van der Waals surface area (Å²) in [4.78, 5) is 9.61. The Kier molecular flexibility index (Phi) is 4.61. The van der Waals surface area contributed by atoms with Crippen LogP contribution in [0.5, 0.6) is 0 Å². The van der Waals surface area contributed by atoms with E-state index >= 15 is 0 Å². The lowest BCUT2D eigenvalue weighted by Gasteiger charge is -2.10. The van der Waals surface area contributed by atoms with Crippen LogP contribution in [0.25, 0.3) is 82.5 Å². The Bertz CT molecular complexity index is 2600. The van der Waals surface area contributed by atoms with Crippen molar-refractivity contribution in [2.45, 2.75) is 0 Å². The average molecular weight is 537 g/mol. The molecule has 42 heavy (non-hydrogen) atoms. The maximum Gasteiger partial charge on any atom is 0.236 e. The van der Waals surface area contributed by atoms with Crippen LogP contribution in [0.2, 0.25) is 0 Å². The second-order valence-corrected chi connectivity index (χ2v) is 10.5. The van der Waals surface area contributed by atoms with Gasteiger partial charge in [0.2, 0.25) is 5.95 Å². The third-order valence-electron chi connectivity index (χ3n) is 8.27. The van der Waals surface area contributed by atoms with Crippen LogP contribution in [-0.4, -0.2) is 14.5 Å². The van der Waals surface area contributed by atoms with Crippen molar-refractivity contribution < 1.29 is 4.42 Å². The fraction of sp³-hybridized carbons (Fsp3) is 0. The summed E-state index contributed by atoms with van der Waals surface area (Å²) in [5.74, 6) is 0.485. The van der Waals surface area contributed by atoms with Gasteiger partial charge in [0, 0.05) is 26.9 Å². The lowest BCUT2D eigenvalue weighted by Crippen LogP contribution is -2.03. The first-order valence-corrected chi connectivity index (χ1v) is 13.8. The molecular formula is C37H20N4O. The predicted molar refractivity (Wildman–Crippen MR) is 169 cm³/mol. The van der Waals surface area contributed by atoms with E-state index < -0.39 is 0 Å². The minimum atomic E-state index is 0.365. The molecule has 0 atom stereocenters. The molecule has 0 N–H and O–H groups in total. The van der Waals surface area contributed by atoms with Gasteiger partial charge in [0.1, 0.15) is 17.2 Å². The fourth-order valence-corrected chi connectivity index (χ4v) is 6.43. The number of hydrogen-bond donors (Lipinski definition) is 0. The summed E-state index contributed by atoms with van der Waals surface area (Å²) in [6.07, 6.45) is 0. The van der Waals surface area contributed by atoms with Gasteiger partial charge < -0.3 is 4.42 Å². The Morgan fingerprint density at radius 1 is 0.571 bits per heavy atom. The second-order valence-electron chi connectivity index (χ2n) is 10.5. The summed E-state index contributed by atoms with van der Waals surface area (Å²) in [6, 6.07) is 43.7. The number of hydrogen-bond acceptors (Lipinski definition) is 4. The molecule has 0 unspecified atom stereocenters. The number of benzene rings is 6. The van der Waals surface area contributed by atoms with Crippen LogP contribution in [0.15, 0.2) is 126 Å². The van der Waals surface area contributed by atoms with Gasteiger partial charge in [0.15, 0.2) is 5.69 Å². The van der Waals surface area contributed by atoms with Crippen LogP contribution in [0.4, 0.5) is 0 Å². The van der Waals surface area contributed by atoms with Crippen LogP contribution >= 0.6 is 0 Å². The van der Waals surface area contributed by atoms with Gasteiger partial charge in [-0.1, -0.05) is 78.9 Å². The molecule has 3 aromatic heterocycles. The minimum Gasteiger partial charge on any atom is -0.456 e. The maximum absolute atomic E-state index is 9.90. The first-order valence-electron chi connectivity index (χ1n) is 13.8. The van der Waals surface area contributed by atoms with Crippen molar-refractivity contribution in [1.82, 2.24) is 14.5 Å². The van der Waals surface area contributed by atoms with E-state index in [2.05, 4.69) is 89.5 Å². The molecule has 0 aliphatic rings. The zero-order chi connectivity index (χ0) is 27.8. The Labute approximate surface area is 239 Å². The molecule has 194 valence electrons. The van der Waals surface area contributed by atoms with Crippen molar-refractivity contribution in [1.29, 1.82) is 5.26 Å². The van der Waals surface area contributed by atoms with E-state index in [0.29, 0.717) is 11.6 Å². The van der Waals surface area contributed by atoms with E-state index in [4.69, 9.17) is 14.4 Å². The highest BCUT2D eigenvalue weighted by atomic mass is 16.3. The quantitative estimate of drug-likeness (QED) is 0.221. The Balaban J connectivity index is 1.34. The van der Waals surface area contributed by atoms with E-state index in [0.717, 1.165) is 65.8 Å². The molecule has 0 radical (unpaired) electrons. The molecule has 6 aromatic carbocycles. The lowest BCUT2D eigenvalue weighted by atomic mass is 9.94. The Hall–Kier alpha value is -5.99. The van der Waals surface area contributed by atoms with Crippen molar-refractivity contribution in [2.24, 2.45) is 0 Å². The van der Waals surface area contributed by atoms with E-state index in [1.807, 2.05) is 42.5 Å². The van der Waals surface area contributed by atoms with Crippen LogP contribution in [-0.2, 0) is 0 Å². The predicted octanol–water partition coefficient (Wildman–Crippen LogP) is 9.32. The first-order chi connectivity index (χ1) is 20.8. The van der Waals surface area contributed by atoms with Crippen LogP contribution < -0.4 is 0 Å². The topological polar surface area (TPSA) is 67.6 Å². The van der Waals surface area contributed by atoms with Crippen molar-refractivity contribution in [2.75, 3.05) is 0 Å². The van der Waals surface area contributed by atoms with Crippen LogP contribution in [0.3, 0.4) is 0 Å².